The van der Waals surface area contributed by atoms with Crippen molar-refractivity contribution in [3.05, 3.63) is 35.4 Å². The lowest BCUT2D eigenvalue weighted by Crippen LogP contribution is -2.39. The van der Waals surface area contributed by atoms with Crippen LogP contribution >= 0.6 is 0 Å². The Hall–Kier alpha value is -0.860. The molecule has 0 spiro atoms. The molecule has 0 saturated heterocycles. The minimum Gasteiger partial charge on any atom is -0.395 e. The largest absolute Gasteiger partial charge is 0.395 e. The molecule has 0 aliphatic rings. The number of aryl methyl sites for hydroxylation is 1. The predicted molar refractivity (Wildman–Crippen MR) is 73.2 cm³/mol. The maximum atomic E-state index is 9.37. The van der Waals surface area contributed by atoms with Crippen LogP contribution in [0, 0.1) is 12.8 Å². The van der Waals surface area contributed by atoms with Crippen molar-refractivity contribution < 1.29 is 5.11 Å². The van der Waals surface area contributed by atoms with E-state index in [0.29, 0.717) is 5.92 Å². The highest BCUT2D eigenvalue weighted by Gasteiger charge is 2.16. The minimum atomic E-state index is 0.238. The van der Waals surface area contributed by atoms with E-state index in [1.807, 2.05) is 0 Å². The fourth-order valence-corrected chi connectivity index (χ4v) is 2.20. The van der Waals surface area contributed by atoms with Crippen molar-refractivity contribution >= 4 is 0 Å². The highest BCUT2D eigenvalue weighted by atomic mass is 16.3. The first-order chi connectivity index (χ1) is 8.04. The van der Waals surface area contributed by atoms with Gasteiger partial charge < -0.3 is 10.0 Å². The fourth-order valence-electron chi connectivity index (χ4n) is 2.20. The number of aliphatic hydroxyl groups excluding tert-OH is 1. The number of rotatable bonds is 6. The molecule has 1 rings (SSSR count). The Morgan fingerprint density at radius 3 is 2.53 bits per heavy atom. The molecule has 1 atom stereocenters. The van der Waals surface area contributed by atoms with Gasteiger partial charge in [0.1, 0.15) is 0 Å². The van der Waals surface area contributed by atoms with Crippen LogP contribution in [0.25, 0.3) is 0 Å². The van der Waals surface area contributed by atoms with Crippen molar-refractivity contribution in [1.29, 1.82) is 0 Å². The molecule has 96 valence electrons. The molecule has 17 heavy (non-hydrogen) atoms. The van der Waals surface area contributed by atoms with Crippen LogP contribution < -0.4 is 0 Å². The number of hydrogen-bond donors (Lipinski definition) is 1. The van der Waals surface area contributed by atoms with E-state index in [-0.39, 0.29) is 12.6 Å². The number of aliphatic hydroxyl groups is 1. The van der Waals surface area contributed by atoms with Gasteiger partial charge in [-0.25, -0.2) is 0 Å². The first kappa shape index (κ1) is 14.2. The topological polar surface area (TPSA) is 23.5 Å². The van der Waals surface area contributed by atoms with Crippen molar-refractivity contribution in [3.63, 3.8) is 0 Å². The van der Waals surface area contributed by atoms with Crippen LogP contribution in [0.2, 0.25) is 0 Å². The molecular weight excluding hydrogens is 210 g/mol. The summed E-state index contributed by atoms with van der Waals surface area (Å²) < 4.78 is 0. The lowest BCUT2D eigenvalue weighted by Gasteiger charge is -2.29. The molecular formula is C15H25NO. The van der Waals surface area contributed by atoms with Crippen LogP contribution in [-0.2, 0) is 6.42 Å². The minimum absolute atomic E-state index is 0.238. The highest BCUT2D eigenvalue weighted by molar-refractivity contribution is 5.22. The summed E-state index contributed by atoms with van der Waals surface area (Å²) in [6.45, 7) is 7.67. The third-order valence-electron chi connectivity index (χ3n) is 3.36. The molecule has 1 N–H and O–H groups in total. The van der Waals surface area contributed by atoms with Crippen LogP contribution in [0.1, 0.15) is 25.0 Å². The molecule has 0 bridgehead atoms. The molecule has 0 heterocycles. The van der Waals surface area contributed by atoms with Gasteiger partial charge in [-0.2, -0.15) is 0 Å². The van der Waals surface area contributed by atoms with Crippen molar-refractivity contribution in [2.45, 2.75) is 33.2 Å². The van der Waals surface area contributed by atoms with Crippen molar-refractivity contribution in [3.8, 4) is 0 Å². The first-order valence-electron chi connectivity index (χ1n) is 6.41. The smallest absolute Gasteiger partial charge is 0.0589 e. The predicted octanol–water partition coefficient (Wildman–Crippen LogP) is 2.49. The second-order valence-corrected chi connectivity index (χ2v) is 5.21. The number of hydrogen-bond acceptors (Lipinski definition) is 2. The summed E-state index contributed by atoms with van der Waals surface area (Å²) in [4.78, 5) is 2.26. The Kier molecular flexibility index (Phi) is 5.66. The molecule has 0 saturated carbocycles. The second kappa shape index (κ2) is 6.77. The number of benzene rings is 1. The maximum Gasteiger partial charge on any atom is 0.0589 e. The standard InChI is InChI=1S/C15H25NO/c1-12(2)15(11-17)16(4)9-8-14-7-5-6-13(3)10-14/h5-7,10,12,15,17H,8-9,11H2,1-4H3. The van der Waals surface area contributed by atoms with E-state index in [4.69, 9.17) is 0 Å². The lowest BCUT2D eigenvalue weighted by atomic mass is 10.0. The van der Waals surface area contributed by atoms with Gasteiger partial charge in [-0.1, -0.05) is 43.7 Å². The average Bonchev–Trinajstić information content (AvgIpc) is 2.27. The Morgan fingerprint density at radius 1 is 1.29 bits per heavy atom. The van der Waals surface area contributed by atoms with E-state index < -0.39 is 0 Å². The summed E-state index contributed by atoms with van der Waals surface area (Å²) in [6.07, 6.45) is 1.04. The van der Waals surface area contributed by atoms with Gasteiger partial charge in [0.2, 0.25) is 0 Å². The summed E-state index contributed by atoms with van der Waals surface area (Å²) in [6, 6.07) is 8.90. The molecule has 0 aliphatic heterocycles. The van der Waals surface area contributed by atoms with E-state index >= 15 is 0 Å². The molecule has 0 aliphatic carbocycles. The van der Waals surface area contributed by atoms with Crippen molar-refractivity contribution in [1.82, 2.24) is 4.90 Å². The molecule has 1 unspecified atom stereocenters. The van der Waals surface area contributed by atoms with E-state index in [1.165, 1.54) is 11.1 Å². The van der Waals surface area contributed by atoms with Gasteiger partial charge in [0, 0.05) is 12.6 Å². The Balaban J connectivity index is 2.50. The highest BCUT2D eigenvalue weighted by Crippen LogP contribution is 2.10. The summed E-state index contributed by atoms with van der Waals surface area (Å²) in [5.41, 5.74) is 2.69. The van der Waals surface area contributed by atoms with Crippen LogP contribution in [0.5, 0.6) is 0 Å². The van der Waals surface area contributed by atoms with Crippen LogP contribution in [-0.4, -0.2) is 36.2 Å². The van der Waals surface area contributed by atoms with Gasteiger partial charge in [-0.15, -0.1) is 0 Å². The third kappa shape index (κ3) is 4.49. The first-order valence-corrected chi connectivity index (χ1v) is 6.41. The molecule has 0 aromatic heterocycles. The maximum absolute atomic E-state index is 9.37. The zero-order chi connectivity index (χ0) is 12.8. The average molecular weight is 235 g/mol. The quantitative estimate of drug-likeness (QED) is 0.819. The summed E-state index contributed by atoms with van der Waals surface area (Å²) in [7, 11) is 2.09. The van der Waals surface area contributed by atoms with Gasteiger partial charge in [0.05, 0.1) is 6.61 Å². The SMILES string of the molecule is Cc1cccc(CCN(C)C(CO)C(C)C)c1. The molecule has 0 amide bonds. The molecule has 1 aromatic carbocycles. The summed E-state index contributed by atoms with van der Waals surface area (Å²) in [5.74, 6) is 0.488. The number of nitrogens with zero attached hydrogens (tertiary/aromatic N) is 1. The zero-order valence-electron chi connectivity index (χ0n) is 11.5. The number of likely N-dealkylation sites (N-methyl/N-ethyl adjacent to an activating group) is 1. The van der Waals surface area contributed by atoms with E-state index in [0.717, 1.165) is 13.0 Å². The van der Waals surface area contributed by atoms with Gasteiger partial charge in [0.15, 0.2) is 0 Å². The molecule has 2 heteroatoms. The van der Waals surface area contributed by atoms with Gasteiger partial charge in [-0.3, -0.25) is 0 Å². The van der Waals surface area contributed by atoms with Crippen LogP contribution in [0.4, 0.5) is 0 Å². The van der Waals surface area contributed by atoms with Gasteiger partial charge >= 0.3 is 0 Å². The van der Waals surface area contributed by atoms with Crippen molar-refractivity contribution in [2.24, 2.45) is 5.92 Å². The second-order valence-electron chi connectivity index (χ2n) is 5.21. The Bertz CT molecular complexity index is 335. The molecule has 1 aromatic rings. The normalized spacial score (nSPS) is 13.4. The van der Waals surface area contributed by atoms with Gasteiger partial charge in [-0.05, 0) is 31.9 Å². The summed E-state index contributed by atoms with van der Waals surface area (Å²) >= 11 is 0. The molecule has 0 fully saturated rings. The Labute approximate surface area is 105 Å². The van der Waals surface area contributed by atoms with Gasteiger partial charge in [0.25, 0.3) is 0 Å². The van der Waals surface area contributed by atoms with Crippen molar-refractivity contribution in [2.75, 3.05) is 20.2 Å². The zero-order valence-corrected chi connectivity index (χ0v) is 11.5. The lowest BCUT2D eigenvalue weighted by molar-refractivity contribution is 0.114. The molecule has 0 radical (unpaired) electrons. The Morgan fingerprint density at radius 2 is 2.00 bits per heavy atom. The van der Waals surface area contributed by atoms with Crippen LogP contribution in [0.15, 0.2) is 24.3 Å². The van der Waals surface area contributed by atoms with E-state index in [2.05, 4.69) is 57.0 Å². The van der Waals surface area contributed by atoms with Crippen LogP contribution in [0.3, 0.4) is 0 Å². The van der Waals surface area contributed by atoms with E-state index in [1.54, 1.807) is 0 Å². The monoisotopic (exact) mass is 235 g/mol. The van der Waals surface area contributed by atoms with E-state index in [9.17, 15) is 5.11 Å². The summed E-state index contributed by atoms with van der Waals surface area (Å²) in [5, 5.41) is 9.37. The molecule has 2 nitrogen and oxygen atoms in total. The fraction of sp³-hybridized carbons (Fsp3) is 0.600. The third-order valence-corrected chi connectivity index (χ3v) is 3.36.